The molecule has 1 amide bonds. The van der Waals surface area contributed by atoms with Crippen molar-refractivity contribution in [1.29, 1.82) is 0 Å². The van der Waals surface area contributed by atoms with Crippen LogP contribution in [0.15, 0.2) is 42.7 Å². The van der Waals surface area contributed by atoms with Crippen LogP contribution in [0.3, 0.4) is 0 Å². The average Bonchev–Trinajstić information content (AvgIpc) is 3.31. The Morgan fingerprint density at radius 2 is 2.03 bits per heavy atom. The molecule has 1 aliphatic rings. The minimum Gasteiger partial charge on any atom is -0.360 e. The van der Waals surface area contributed by atoms with Gasteiger partial charge in [0.15, 0.2) is 5.13 Å². The lowest BCUT2D eigenvalue weighted by molar-refractivity contribution is -0.141. The summed E-state index contributed by atoms with van der Waals surface area (Å²) in [5.74, 6) is -0.00829. The van der Waals surface area contributed by atoms with E-state index < -0.39 is 11.9 Å². The fourth-order valence-electron chi connectivity index (χ4n) is 3.18. The minimum absolute atomic E-state index is 0.00829. The molecule has 0 radical (unpaired) electrons. The van der Waals surface area contributed by atoms with Crippen LogP contribution in [-0.4, -0.2) is 28.5 Å². The van der Waals surface area contributed by atoms with E-state index in [1.807, 2.05) is 18.2 Å². The number of rotatable bonds is 6. The molecule has 2 aromatic heterocycles. The molecule has 0 saturated heterocycles. The van der Waals surface area contributed by atoms with Gasteiger partial charge >= 0.3 is 6.18 Å². The largest absolute Gasteiger partial charge is 0.433 e. The van der Waals surface area contributed by atoms with Crippen molar-refractivity contribution in [3.05, 3.63) is 59.5 Å². The molecule has 0 spiro atoms. The first-order valence-corrected chi connectivity index (χ1v) is 10.00. The van der Waals surface area contributed by atoms with Gasteiger partial charge in [-0.25, -0.2) is 4.98 Å². The summed E-state index contributed by atoms with van der Waals surface area (Å²) in [6, 6.07) is 7.84. The molecular weight excluding hydrogens is 415 g/mol. The molecule has 4 N–H and O–H groups in total. The number of fused-ring (bicyclic) bond motifs is 1. The van der Waals surface area contributed by atoms with E-state index in [-0.39, 0.29) is 11.9 Å². The maximum absolute atomic E-state index is 12.6. The van der Waals surface area contributed by atoms with E-state index in [4.69, 9.17) is 5.73 Å². The molecule has 3 heterocycles. The third-order valence-corrected chi connectivity index (χ3v) is 5.65. The van der Waals surface area contributed by atoms with Gasteiger partial charge < -0.3 is 16.4 Å². The second-order valence-corrected chi connectivity index (χ2v) is 8.05. The van der Waals surface area contributed by atoms with E-state index in [2.05, 4.69) is 20.6 Å². The quantitative estimate of drug-likeness (QED) is 0.551. The lowest BCUT2D eigenvalue weighted by Crippen LogP contribution is -2.31. The van der Waals surface area contributed by atoms with E-state index in [9.17, 15) is 18.0 Å². The minimum atomic E-state index is -4.45. The van der Waals surface area contributed by atoms with Gasteiger partial charge in [0.2, 0.25) is 5.91 Å². The zero-order valence-corrected chi connectivity index (χ0v) is 16.5. The van der Waals surface area contributed by atoms with Crippen LogP contribution in [0, 0.1) is 0 Å². The zero-order valence-electron chi connectivity index (χ0n) is 15.7. The number of benzene rings is 1. The molecule has 10 heteroatoms. The summed E-state index contributed by atoms with van der Waals surface area (Å²) in [7, 11) is 0. The summed E-state index contributed by atoms with van der Waals surface area (Å²) >= 11 is 1.46. The highest BCUT2D eigenvalue weighted by molar-refractivity contribution is 7.18. The van der Waals surface area contributed by atoms with Gasteiger partial charge in [0.1, 0.15) is 5.69 Å². The summed E-state index contributed by atoms with van der Waals surface area (Å²) in [4.78, 5) is 20.3. The van der Waals surface area contributed by atoms with Crippen LogP contribution < -0.4 is 16.4 Å². The predicted octanol–water partition coefficient (Wildman–Crippen LogP) is 3.70. The number of thiazole rings is 1. The normalized spacial score (nSPS) is 14.3. The van der Waals surface area contributed by atoms with Crippen molar-refractivity contribution < 1.29 is 18.0 Å². The molecule has 1 aliphatic heterocycles. The molecule has 6 nitrogen and oxygen atoms in total. The molecule has 1 atom stereocenters. The maximum Gasteiger partial charge on any atom is 0.433 e. The first-order valence-electron chi connectivity index (χ1n) is 9.18. The molecule has 0 bridgehead atoms. The molecule has 1 unspecified atom stereocenters. The van der Waals surface area contributed by atoms with E-state index >= 15 is 0 Å². The molecular formula is C20H18F3N5OS. The summed E-state index contributed by atoms with van der Waals surface area (Å²) in [6.07, 6.45) is -0.722. The Hall–Kier alpha value is -2.98. The second-order valence-electron chi connectivity index (χ2n) is 7.02. The van der Waals surface area contributed by atoms with Crippen LogP contribution in [0.2, 0.25) is 0 Å². The first kappa shape index (κ1) is 20.3. The van der Waals surface area contributed by atoms with Crippen molar-refractivity contribution in [1.82, 2.24) is 9.97 Å². The van der Waals surface area contributed by atoms with E-state index in [1.165, 1.54) is 23.6 Å². The van der Waals surface area contributed by atoms with Crippen LogP contribution in [0.25, 0.3) is 10.4 Å². The van der Waals surface area contributed by atoms with E-state index in [0.717, 1.165) is 27.8 Å². The number of nitrogens with zero attached hydrogens (tertiary/aromatic N) is 2. The smallest absolute Gasteiger partial charge is 0.360 e. The van der Waals surface area contributed by atoms with Gasteiger partial charge in [0, 0.05) is 30.7 Å². The van der Waals surface area contributed by atoms with Crippen LogP contribution in [0.1, 0.15) is 16.8 Å². The summed E-state index contributed by atoms with van der Waals surface area (Å²) in [5.41, 5.74) is 8.61. The van der Waals surface area contributed by atoms with Crippen molar-refractivity contribution in [2.24, 2.45) is 5.73 Å². The van der Waals surface area contributed by atoms with Gasteiger partial charge in [0.25, 0.3) is 0 Å². The Balaban J connectivity index is 1.33. The summed E-state index contributed by atoms with van der Waals surface area (Å²) < 4.78 is 37.7. The van der Waals surface area contributed by atoms with Gasteiger partial charge in [-0.15, -0.1) is 0 Å². The monoisotopic (exact) mass is 433 g/mol. The number of hydrogen-bond donors (Lipinski definition) is 3. The van der Waals surface area contributed by atoms with Crippen LogP contribution in [0.5, 0.6) is 0 Å². The topological polar surface area (TPSA) is 92.9 Å². The average molecular weight is 433 g/mol. The predicted molar refractivity (Wildman–Crippen MR) is 109 cm³/mol. The van der Waals surface area contributed by atoms with Crippen molar-refractivity contribution in [3.8, 4) is 10.4 Å². The number of nitrogens with two attached hydrogens (primary N) is 1. The molecule has 1 aromatic carbocycles. The fourth-order valence-corrected chi connectivity index (χ4v) is 4.00. The van der Waals surface area contributed by atoms with Crippen LogP contribution in [-0.2, 0) is 23.8 Å². The lowest BCUT2D eigenvalue weighted by Gasteiger charge is -2.12. The number of anilines is 2. The number of alkyl halides is 3. The second kappa shape index (κ2) is 8.04. The summed E-state index contributed by atoms with van der Waals surface area (Å²) in [6.45, 7) is 0.413. The number of carbonyl (C=O) groups excluding carboxylic acids is 1. The number of hydrogen-bond acceptors (Lipinski definition) is 6. The number of nitrogens with one attached hydrogen (secondary N) is 2. The van der Waals surface area contributed by atoms with Gasteiger partial charge in [-0.2, -0.15) is 13.2 Å². The fraction of sp³-hybridized carbons (Fsp3) is 0.250. The van der Waals surface area contributed by atoms with Gasteiger partial charge in [-0.3, -0.25) is 9.78 Å². The number of amides is 1. The van der Waals surface area contributed by atoms with Crippen LogP contribution >= 0.6 is 11.3 Å². The van der Waals surface area contributed by atoms with E-state index in [1.54, 1.807) is 6.20 Å². The van der Waals surface area contributed by atoms with Crippen molar-refractivity contribution in [3.63, 3.8) is 0 Å². The Kier molecular flexibility index (Phi) is 5.44. The third-order valence-electron chi connectivity index (χ3n) is 4.65. The van der Waals surface area contributed by atoms with Gasteiger partial charge in [0.05, 0.1) is 11.3 Å². The van der Waals surface area contributed by atoms with E-state index in [0.29, 0.717) is 30.1 Å². The lowest BCUT2D eigenvalue weighted by atomic mass is 10.1. The van der Waals surface area contributed by atoms with Crippen molar-refractivity contribution in [2.45, 2.75) is 25.1 Å². The Bertz CT molecular complexity index is 1070. The van der Waals surface area contributed by atoms with Gasteiger partial charge in [-0.1, -0.05) is 23.5 Å². The number of pyridine rings is 1. The van der Waals surface area contributed by atoms with Gasteiger partial charge in [-0.05, 0) is 41.3 Å². The number of halogens is 3. The molecule has 30 heavy (non-hydrogen) atoms. The Morgan fingerprint density at radius 1 is 1.20 bits per heavy atom. The molecule has 0 saturated carbocycles. The highest BCUT2D eigenvalue weighted by Gasteiger charge is 2.32. The molecule has 0 aliphatic carbocycles. The van der Waals surface area contributed by atoms with Crippen molar-refractivity contribution >= 4 is 28.1 Å². The Morgan fingerprint density at radius 3 is 2.77 bits per heavy atom. The number of aromatic nitrogens is 2. The number of carbonyl (C=O) groups is 1. The SMILES string of the molecule is NC(CNc1ncc(-c2ccc3c(c2)CC(=O)N3)s1)Cc1ccc(C(F)(F)F)nc1. The van der Waals surface area contributed by atoms with Crippen LogP contribution in [0.4, 0.5) is 24.0 Å². The Labute approximate surface area is 174 Å². The molecule has 0 fully saturated rings. The molecule has 3 aromatic rings. The third kappa shape index (κ3) is 4.60. The highest BCUT2D eigenvalue weighted by Crippen LogP contribution is 2.33. The van der Waals surface area contributed by atoms with Crippen molar-refractivity contribution in [2.75, 3.05) is 17.2 Å². The maximum atomic E-state index is 12.6. The highest BCUT2D eigenvalue weighted by atomic mass is 32.1. The molecule has 156 valence electrons. The molecule has 4 rings (SSSR count). The summed E-state index contributed by atoms with van der Waals surface area (Å²) in [5, 5.41) is 6.67. The standard InChI is InChI=1S/C20H18F3N5OS/c21-20(22,23)17-4-1-11(8-25-17)5-14(24)9-26-19-27-10-16(30-19)12-2-3-15-13(6-12)7-18(29)28-15/h1-4,6,8,10,14H,5,7,9,24H2,(H,26,27)(H,28,29). The first-order chi connectivity index (χ1) is 14.3. The zero-order chi connectivity index (χ0) is 21.3.